The molecule has 0 bridgehead atoms. The summed E-state index contributed by atoms with van der Waals surface area (Å²) in [7, 11) is 0. The molecule has 15 heavy (non-hydrogen) atoms. The molecule has 84 valence electrons. The minimum atomic E-state index is -2.82. The molecular formula is C6H8N2O7. The molecule has 0 rings (SSSR count). The van der Waals surface area contributed by atoms with Crippen LogP contribution in [0.5, 0.6) is 0 Å². The van der Waals surface area contributed by atoms with Gasteiger partial charge >= 0.3 is 11.9 Å². The Bertz CT molecular complexity index is 302. The molecule has 0 aromatic carbocycles. The second-order valence-corrected chi connectivity index (χ2v) is 2.42. The monoisotopic (exact) mass is 220 g/mol. The largest absolute Gasteiger partial charge is 0.479 e. The normalized spacial score (nSPS) is 13.5. The van der Waals surface area contributed by atoms with Crippen molar-refractivity contribution in [3.05, 3.63) is 17.2 Å². The quantitative estimate of drug-likeness (QED) is 0.287. The van der Waals surface area contributed by atoms with Gasteiger partial charge in [-0.05, 0) is 0 Å². The predicted molar refractivity (Wildman–Crippen MR) is 43.5 cm³/mol. The fourth-order valence-electron chi connectivity index (χ4n) is 0.665. The number of nitrogens with zero attached hydrogens (tertiary/aromatic N) is 1. The van der Waals surface area contributed by atoms with Crippen molar-refractivity contribution < 1.29 is 29.5 Å². The van der Waals surface area contributed by atoms with Crippen LogP contribution in [0.25, 0.3) is 0 Å². The maximum atomic E-state index is 10.7. The summed E-state index contributed by atoms with van der Waals surface area (Å²) in [6.45, 7) is 2.93. The molecule has 0 aromatic heterocycles. The summed E-state index contributed by atoms with van der Waals surface area (Å²) in [5, 5.41) is 19.9. The lowest BCUT2D eigenvalue weighted by Crippen LogP contribution is -2.43. The zero-order valence-corrected chi connectivity index (χ0v) is 7.37. The van der Waals surface area contributed by atoms with Crippen molar-refractivity contribution in [3.8, 4) is 0 Å². The third-order valence-corrected chi connectivity index (χ3v) is 1.49. The Labute approximate surface area is 83.0 Å². The van der Waals surface area contributed by atoms with Crippen LogP contribution in [-0.4, -0.2) is 27.8 Å². The van der Waals surface area contributed by atoms with E-state index >= 15 is 0 Å². The van der Waals surface area contributed by atoms with Gasteiger partial charge in [-0.1, -0.05) is 6.58 Å². The summed E-state index contributed by atoms with van der Waals surface area (Å²) in [6.07, 6.45) is -1.06. The molecule has 0 saturated carbocycles. The number of carboxylic acids is 1. The molecular weight excluding hydrogens is 212 g/mol. The number of carbonyl (C=O) groups excluding carboxylic acids is 1. The van der Waals surface area contributed by atoms with Gasteiger partial charge in [-0.3, -0.25) is 4.79 Å². The first-order chi connectivity index (χ1) is 6.88. The first kappa shape index (κ1) is 13.0. The van der Waals surface area contributed by atoms with Crippen molar-refractivity contribution >= 4 is 11.9 Å². The third-order valence-electron chi connectivity index (χ3n) is 1.49. The van der Waals surface area contributed by atoms with Crippen LogP contribution in [0.15, 0.2) is 17.7 Å². The molecule has 0 fully saturated rings. The van der Waals surface area contributed by atoms with Crippen molar-refractivity contribution in [2.45, 2.75) is 12.0 Å². The molecule has 0 spiro atoms. The van der Waals surface area contributed by atoms with Crippen LogP contribution in [0.2, 0.25) is 0 Å². The summed E-state index contributed by atoms with van der Waals surface area (Å²) in [6, 6.07) is 0. The fraction of sp³-hybridized carbons (Fsp3) is 0.333. The molecule has 9 nitrogen and oxygen atoms in total. The minimum Gasteiger partial charge on any atom is -0.479 e. The van der Waals surface area contributed by atoms with Crippen LogP contribution in [-0.2, 0) is 19.3 Å². The Balaban J connectivity index is 4.89. The molecule has 0 amide bonds. The molecule has 0 saturated heterocycles. The lowest BCUT2D eigenvalue weighted by atomic mass is 9.98. The van der Waals surface area contributed by atoms with Gasteiger partial charge in [0, 0.05) is 0 Å². The summed E-state index contributed by atoms with van der Waals surface area (Å²) in [5.74, 6) is 0.437. The molecule has 1 unspecified atom stereocenters. The van der Waals surface area contributed by atoms with E-state index in [1.165, 1.54) is 0 Å². The van der Waals surface area contributed by atoms with E-state index in [9.17, 15) is 19.6 Å². The van der Waals surface area contributed by atoms with E-state index in [-0.39, 0.29) is 0 Å². The number of aliphatic hydroxyl groups is 1. The van der Waals surface area contributed by atoms with Gasteiger partial charge in [0.1, 0.15) is 0 Å². The Morgan fingerprint density at radius 1 is 1.53 bits per heavy atom. The van der Waals surface area contributed by atoms with Gasteiger partial charge in [0.15, 0.2) is 11.1 Å². The second kappa shape index (κ2) is 5.02. The maximum Gasteiger partial charge on any atom is 0.344 e. The number of aliphatic carboxylic acids is 1. The predicted octanol–water partition coefficient (Wildman–Crippen LogP) is -1.18. The highest BCUT2D eigenvalue weighted by Crippen LogP contribution is 2.22. The lowest BCUT2D eigenvalue weighted by molar-refractivity contribution is -0.167. The van der Waals surface area contributed by atoms with E-state index in [1.807, 2.05) is 5.34 Å². The van der Waals surface area contributed by atoms with Crippen LogP contribution < -0.4 is 5.90 Å². The van der Waals surface area contributed by atoms with Crippen LogP contribution in [0.3, 0.4) is 0 Å². The first-order valence-electron chi connectivity index (χ1n) is 3.43. The highest BCUT2D eigenvalue weighted by atomic mass is 16.7. The maximum absolute atomic E-state index is 10.7. The van der Waals surface area contributed by atoms with E-state index in [0.717, 1.165) is 0 Å². The summed E-state index contributed by atoms with van der Waals surface area (Å²) < 4.78 is 0. The third kappa shape index (κ3) is 3.00. The minimum absolute atomic E-state index is 0.921. The van der Waals surface area contributed by atoms with Crippen LogP contribution in [0.1, 0.15) is 6.42 Å². The van der Waals surface area contributed by atoms with E-state index < -0.39 is 29.7 Å². The van der Waals surface area contributed by atoms with E-state index in [1.54, 1.807) is 0 Å². The number of hydrogen-bond acceptors (Lipinski definition) is 8. The molecule has 4 N–H and O–H groups in total. The van der Waals surface area contributed by atoms with Gasteiger partial charge < -0.3 is 19.9 Å². The highest BCUT2D eigenvalue weighted by Gasteiger charge is 2.44. The van der Waals surface area contributed by atoms with Crippen molar-refractivity contribution in [1.82, 2.24) is 0 Å². The number of rotatable bonds is 6. The highest BCUT2D eigenvalue weighted by molar-refractivity contribution is 5.87. The van der Waals surface area contributed by atoms with Crippen molar-refractivity contribution in [3.63, 3.8) is 0 Å². The van der Waals surface area contributed by atoms with Gasteiger partial charge in [0.2, 0.25) is 5.60 Å². The molecule has 0 aliphatic carbocycles. The fourth-order valence-corrected chi connectivity index (χ4v) is 0.665. The Morgan fingerprint density at radius 2 is 2.07 bits per heavy atom. The average molecular weight is 220 g/mol. The summed E-state index contributed by atoms with van der Waals surface area (Å²) >= 11 is 0. The second-order valence-electron chi connectivity index (χ2n) is 2.42. The molecule has 0 aromatic rings. The Morgan fingerprint density at radius 3 is 2.40 bits per heavy atom. The number of nitrogens with two attached hydrogens (primary N) is 1. The van der Waals surface area contributed by atoms with Gasteiger partial charge in [-0.25, -0.2) is 4.79 Å². The zero-order chi connectivity index (χ0) is 12.1. The molecule has 0 aliphatic heterocycles. The van der Waals surface area contributed by atoms with Crippen LogP contribution in [0.4, 0.5) is 0 Å². The van der Waals surface area contributed by atoms with Crippen LogP contribution >= 0.6 is 0 Å². The van der Waals surface area contributed by atoms with Crippen molar-refractivity contribution in [1.29, 1.82) is 0 Å². The standard InChI is InChI=1S/C6H8N2O7/c1-3(15-8-13)6(12,5(10)11)2-4(9)14-7/h12H,1-2,7H2,(H,10,11). The van der Waals surface area contributed by atoms with Gasteiger partial charge in [0.25, 0.3) is 0 Å². The van der Waals surface area contributed by atoms with Crippen LogP contribution in [0, 0.1) is 4.91 Å². The van der Waals surface area contributed by atoms with Gasteiger partial charge in [-0.15, -0.1) is 4.91 Å². The van der Waals surface area contributed by atoms with Crippen molar-refractivity contribution in [2.24, 2.45) is 11.2 Å². The van der Waals surface area contributed by atoms with Gasteiger partial charge in [-0.2, -0.15) is 5.90 Å². The molecule has 1 atom stereocenters. The first-order valence-corrected chi connectivity index (χ1v) is 3.43. The smallest absolute Gasteiger partial charge is 0.344 e. The Kier molecular flexibility index (Phi) is 4.35. The SMILES string of the molecule is C=C(ON=O)C(O)(CC(=O)ON)C(=O)O. The van der Waals surface area contributed by atoms with E-state index in [0.29, 0.717) is 0 Å². The molecule has 0 radical (unpaired) electrons. The van der Waals surface area contributed by atoms with E-state index in [4.69, 9.17) is 5.11 Å². The topological polar surface area (TPSA) is 149 Å². The molecule has 0 aliphatic rings. The number of hydrogen-bond donors (Lipinski definition) is 3. The van der Waals surface area contributed by atoms with Crippen molar-refractivity contribution in [2.75, 3.05) is 0 Å². The van der Waals surface area contributed by atoms with E-state index in [2.05, 4.69) is 22.2 Å². The number of carbonyl (C=O) groups is 2. The zero-order valence-electron chi connectivity index (χ0n) is 7.37. The van der Waals surface area contributed by atoms with Gasteiger partial charge in [0.05, 0.1) is 6.42 Å². The molecule has 0 heterocycles. The summed E-state index contributed by atoms with van der Waals surface area (Å²) in [4.78, 5) is 38.4. The summed E-state index contributed by atoms with van der Waals surface area (Å²) in [5.41, 5.74) is -2.82. The molecule has 9 heteroatoms. The Hall–Kier alpha value is -2.00. The lowest BCUT2D eigenvalue weighted by Gasteiger charge is -2.20. The number of carboxylic acid groups (broad SMARTS) is 1. The average Bonchev–Trinajstić information content (AvgIpc) is 2.17.